The summed E-state index contributed by atoms with van der Waals surface area (Å²) in [6.07, 6.45) is 1.69. The highest BCUT2D eigenvalue weighted by molar-refractivity contribution is 7.22. The molecule has 2 aromatic heterocycles. The van der Waals surface area contributed by atoms with Crippen LogP contribution >= 0.6 is 11.3 Å². The van der Waals surface area contributed by atoms with Gasteiger partial charge in [-0.25, -0.2) is 14.2 Å². The molecule has 1 aromatic carbocycles. The highest BCUT2D eigenvalue weighted by Crippen LogP contribution is 2.32. The molecule has 7 nitrogen and oxygen atoms in total. The summed E-state index contributed by atoms with van der Waals surface area (Å²) in [5.74, 6) is -0.339. The zero-order chi connectivity index (χ0) is 20.2. The van der Waals surface area contributed by atoms with E-state index in [1.54, 1.807) is 12.3 Å². The molecule has 1 fully saturated rings. The number of ether oxygens (including phenoxy) is 1. The number of urea groups is 1. The number of amides is 2. The van der Waals surface area contributed by atoms with Crippen LogP contribution in [0.2, 0.25) is 0 Å². The molecular weight excluding hydrogens is 393 g/mol. The molecule has 0 atom stereocenters. The smallest absolute Gasteiger partial charge is 0.321 e. The Morgan fingerprint density at radius 2 is 2.14 bits per heavy atom. The van der Waals surface area contributed by atoms with Crippen molar-refractivity contribution < 1.29 is 13.9 Å². The number of aromatic nitrogens is 2. The molecule has 1 saturated heterocycles. The topological polar surface area (TPSA) is 79.4 Å². The van der Waals surface area contributed by atoms with Gasteiger partial charge in [-0.15, -0.1) is 0 Å². The fraction of sp³-hybridized carbons (Fsp3) is 0.350. The van der Waals surface area contributed by atoms with Gasteiger partial charge in [0.1, 0.15) is 5.82 Å². The van der Waals surface area contributed by atoms with Crippen LogP contribution in [0.5, 0.6) is 0 Å². The molecule has 0 spiro atoms. The fourth-order valence-electron chi connectivity index (χ4n) is 3.19. The van der Waals surface area contributed by atoms with E-state index < -0.39 is 0 Å². The molecule has 0 radical (unpaired) electrons. The van der Waals surface area contributed by atoms with Crippen molar-refractivity contribution in [3.8, 4) is 11.1 Å². The van der Waals surface area contributed by atoms with Gasteiger partial charge in [0.25, 0.3) is 0 Å². The van der Waals surface area contributed by atoms with E-state index in [-0.39, 0.29) is 11.8 Å². The number of carbonyl (C=O) groups excluding carboxylic acids is 1. The number of hydrogen-bond donors (Lipinski definition) is 2. The highest BCUT2D eigenvalue weighted by Gasteiger charge is 2.14. The number of benzene rings is 1. The van der Waals surface area contributed by atoms with Crippen LogP contribution in [0.4, 0.5) is 14.3 Å². The first-order chi connectivity index (χ1) is 14.1. The van der Waals surface area contributed by atoms with Crippen molar-refractivity contribution in [2.24, 2.45) is 0 Å². The summed E-state index contributed by atoms with van der Waals surface area (Å²) in [7, 11) is 0. The monoisotopic (exact) mass is 415 g/mol. The van der Waals surface area contributed by atoms with Crippen LogP contribution in [0.15, 0.2) is 30.5 Å². The van der Waals surface area contributed by atoms with Crippen LogP contribution in [-0.2, 0) is 11.3 Å². The lowest BCUT2D eigenvalue weighted by molar-refractivity contribution is 0.0336. The zero-order valence-corrected chi connectivity index (χ0v) is 16.9. The number of nitrogens with one attached hydrogen (secondary N) is 2. The second-order valence-corrected chi connectivity index (χ2v) is 7.76. The van der Waals surface area contributed by atoms with Crippen LogP contribution in [0, 0.1) is 5.82 Å². The minimum absolute atomic E-state index is 0.327. The van der Waals surface area contributed by atoms with E-state index in [4.69, 9.17) is 4.74 Å². The quantitative estimate of drug-likeness (QED) is 0.667. The van der Waals surface area contributed by atoms with Gasteiger partial charge in [0.2, 0.25) is 0 Å². The Morgan fingerprint density at radius 1 is 1.31 bits per heavy atom. The number of carbonyl (C=O) groups is 1. The molecular formula is C20H22FN5O2S. The molecule has 1 aliphatic rings. The van der Waals surface area contributed by atoms with Gasteiger partial charge in [-0.05, 0) is 25.1 Å². The second kappa shape index (κ2) is 8.81. The van der Waals surface area contributed by atoms with Crippen LogP contribution in [0.25, 0.3) is 21.3 Å². The van der Waals surface area contributed by atoms with Gasteiger partial charge >= 0.3 is 6.03 Å². The van der Waals surface area contributed by atoms with Crippen LogP contribution < -0.4 is 10.6 Å². The summed E-state index contributed by atoms with van der Waals surface area (Å²) in [4.78, 5) is 22.9. The van der Waals surface area contributed by atoms with Crippen molar-refractivity contribution in [3.63, 3.8) is 0 Å². The Bertz CT molecular complexity index is 1000. The van der Waals surface area contributed by atoms with Gasteiger partial charge in [0, 0.05) is 43.5 Å². The average Bonchev–Trinajstić information content (AvgIpc) is 3.10. The number of hydrogen-bond acceptors (Lipinski definition) is 6. The maximum absolute atomic E-state index is 14.7. The van der Waals surface area contributed by atoms with E-state index >= 15 is 0 Å². The van der Waals surface area contributed by atoms with E-state index in [0.717, 1.165) is 38.5 Å². The number of nitrogens with zero attached hydrogens (tertiary/aromatic N) is 3. The lowest BCUT2D eigenvalue weighted by Crippen LogP contribution is -2.35. The third-order valence-corrected chi connectivity index (χ3v) is 5.59. The Kier molecular flexibility index (Phi) is 5.98. The van der Waals surface area contributed by atoms with Gasteiger partial charge < -0.3 is 10.1 Å². The molecule has 9 heteroatoms. The SMILES string of the molecule is CCNC(=O)Nc1nc2cc(-c3ccc(CN4CCOCC4)nc3)c(F)cc2s1. The first kappa shape index (κ1) is 19.7. The van der Waals surface area contributed by atoms with Crippen molar-refractivity contribution in [2.45, 2.75) is 13.5 Å². The predicted molar refractivity (Wildman–Crippen MR) is 112 cm³/mol. The number of anilines is 1. The van der Waals surface area contributed by atoms with Gasteiger partial charge in [0.05, 0.1) is 29.1 Å². The largest absolute Gasteiger partial charge is 0.379 e. The molecule has 1 aliphatic heterocycles. The molecule has 4 rings (SSSR count). The summed E-state index contributed by atoms with van der Waals surface area (Å²) < 4.78 is 20.7. The lowest BCUT2D eigenvalue weighted by Gasteiger charge is -2.26. The number of halogens is 1. The van der Waals surface area contributed by atoms with Crippen molar-refractivity contribution in [3.05, 3.63) is 42.0 Å². The van der Waals surface area contributed by atoms with E-state index in [1.807, 2.05) is 19.1 Å². The maximum atomic E-state index is 14.7. The first-order valence-corrected chi connectivity index (χ1v) is 10.3. The van der Waals surface area contributed by atoms with Crippen molar-refractivity contribution in [1.82, 2.24) is 20.2 Å². The second-order valence-electron chi connectivity index (χ2n) is 6.73. The van der Waals surface area contributed by atoms with Crippen LogP contribution in [0.1, 0.15) is 12.6 Å². The van der Waals surface area contributed by atoms with E-state index in [2.05, 4.69) is 25.5 Å². The van der Waals surface area contributed by atoms with Gasteiger partial charge in [-0.1, -0.05) is 17.4 Å². The number of morpholine rings is 1. The number of thiazole rings is 1. The van der Waals surface area contributed by atoms with Gasteiger partial charge in [-0.2, -0.15) is 0 Å². The minimum atomic E-state index is -0.339. The lowest BCUT2D eigenvalue weighted by atomic mass is 10.1. The fourth-order valence-corrected chi connectivity index (χ4v) is 4.06. The van der Waals surface area contributed by atoms with Crippen LogP contribution in [0.3, 0.4) is 0 Å². The van der Waals surface area contributed by atoms with E-state index in [0.29, 0.717) is 33.0 Å². The standard InChI is InChI=1S/C20H22FN5O2S/c1-2-22-19(27)25-20-24-17-9-15(16(21)10-18(17)29-20)13-3-4-14(23-11-13)12-26-5-7-28-8-6-26/h3-4,9-11H,2,5-8,12H2,1H3,(H2,22,24,25,27). The summed E-state index contributed by atoms with van der Waals surface area (Å²) in [5, 5.41) is 5.74. The molecule has 3 heterocycles. The average molecular weight is 415 g/mol. The molecule has 152 valence electrons. The normalized spacial score (nSPS) is 14.8. The van der Waals surface area contributed by atoms with Crippen LogP contribution in [-0.4, -0.2) is 53.7 Å². The summed E-state index contributed by atoms with van der Waals surface area (Å²) in [6.45, 7) is 6.38. The molecule has 2 amide bonds. The number of fused-ring (bicyclic) bond motifs is 1. The van der Waals surface area contributed by atoms with Gasteiger partial charge in [-0.3, -0.25) is 15.2 Å². The Hall–Kier alpha value is -2.62. The summed E-state index contributed by atoms with van der Waals surface area (Å²) in [6, 6.07) is 6.63. The zero-order valence-electron chi connectivity index (χ0n) is 16.1. The molecule has 3 aromatic rings. The van der Waals surface area contributed by atoms with Crippen molar-refractivity contribution >= 4 is 32.7 Å². The molecule has 29 heavy (non-hydrogen) atoms. The Morgan fingerprint density at radius 3 is 2.86 bits per heavy atom. The van der Waals surface area contributed by atoms with Crippen molar-refractivity contribution in [2.75, 3.05) is 38.2 Å². The Labute approximate surface area is 171 Å². The maximum Gasteiger partial charge on any atom is 0.321 e. The number of rotatable bonds is 5. The van der Waals surface area contributed by atoms with E-state index in [1.165, 1.54) is 17.4 Å². The minimum Gasteiger partial charge on any atom is -0.379 e. The van der Waals surface area contributed by atoms with E-state index in [9.17, 15) is 9.18 Å². The summed E-state index contributed by atoms with van der Waals surface area (Å²) in [5.41, 5.74) is 2.72. The highest BCUT2D eigenvalue weighted by atomic mass is 32.1. The molecule has 0 unspecified atom stereocenters. The first-order valence-electron chi connectivity index (χ1n) is 9.52. The third-order valence-electron chi connectivity index (χ3n) is 4.66. The molecule has 2 N–H and O–H groups in total. The van der Waals surface area contributed by atoms with Gasteiger partial charge in [0.15, 0.2) is 5.13 Å². The number of pyridine rings is 1. The predicted octanol–water partition coefficient (Wildman–Crippen LogP) is 3.47. The third kappa shape index (κ3) is 4.69. The summed E-state index contributed by atoms with van der Waals surface area (Å²) >= 11 is 1.24. The van der Waals surface area contributed by atoms with Crippen molar-refractivity contribution in [1.29, 1.82) is 0 Å². The molecule has 0 bridgehead atoms. The Balaban J connectivity index is 1.53. The molecule has 0 saturated carbocycles. The molecule has 0 aliphatic carbocycles.